The van der Waals surface area contributed by atoms with Crippen LogP contribution >= 0.6 is 0 Å². The van der Waals surface area contributed by atoms with Crippen molar-refractivity contribution in [2.24, 2.45) is 0 Å². The second-order valence-corrected chi connectivity index (χ2v) is 12.0. The number of fused-ring (bicyclic) bond motifs is 4. The Morgan fingerprint density at radius 1 is 0.467 bits per heavy atom. The Balaban J connectivity index is 1.82. The maximum absolute atomic E-state index is 2.49. The minimum Gasteiger partial charge on any atom is -0.0623 e. The molecule has 0 bridgehead atoms. The third-order valence-corrected chi connectivity index (χ3v) is 11.4. The summed E-state index contributed by atoms with van der Waals surface area (Å²) in [6, 6.07) is 43.2. The molecule has 0 unspecified atom stereocenters. The molecule has 1 heterocycles. The molecule has 0 N–H and O–H groups in total. The van der Waals surface area contributed by atoms with Gasteiger partial charge in [0.05, 0.1) is 0 Å². The van der Waals surface area contributed by atoms with Crippen molar-refractivity contribution in [3.05, 3.63) is 121 Å². The van der Waals surface area contributed by atoms with Gasteiger partial charge in [0.1, 0.15) is 0 Å². The van der Waals surface area contributed by atoms with Gasteiger partial charge >= 0.3 is 0 Å². The van der Waals surface area contributed by atoms with E-state index in [4.69, 9.17) is 0 Å². The minimum atomic E-state index is -2.36. The van der Waals surface area contributed by atoms with Crippen LogP contribution in [-0.2, 0) is 0 Å². The van der Waals surface area contributed by atoms with Crippen LogP contribution in [0.4, 0.5) is 0 Å². The molecule has 1 heteroatoms. The van der Waals surface area contributed by atoms with E-state index in [1.54, 1.807) is 0 Å². The molecule has 0 atom stereocenters. The topological polar surface area (TPSA) is 0 Å². The van der Waals surface area contributed by atoms with Crippen molar-refractivity contribution in [3.63, 3.8) is 0 Å². The zero-order valence-corrected chi connectivity index (χ0v) is 18.0. The second-order valence-electron chi connectivity index (χ2n) is 8.28. The van der Waals surface area contributed by atoms with Crippen molar-refractivity contribution in [3.8, 4) is 11.1 Å². The molecule has 5 aromatic carbocycles. The molecule has 30 heavy (non-hydrogen) atoms. The van der Waals surface area contributed by atoms with E-state index < -0.39 is 8.07 Å². The molecule has 1 aliphatic rings. The number of hydrogen-bond acceptors (Lipinski definition) is 0. The lowest BCUT2D eigenvalue weighted by Crippen LogP contribution is -2.72. The van der Waals surface area contributed by atoms with E-state index in [1.165, 1.54) is 48.2 Å². The smallest absolute Gasteiger partial charge is 0.0623 e. The van der Waals surface area contributed by atoms with Gasteiger partial charge in [-0.05, 0) is 55.6 Å². The molecule has 0 aliphatic carbocycles. The van der Waals surface area contributed by atoms with Crippen LogP contribution in [0.2, 0.25) is 0 Å². The van der Waals surface area contributed by atoms with Gasteiger partial charge in [-0.2, -0.15) is 0 Å². The van der Waals surface area contributed by atoms with Gasteiger partial charge in [0.15, 0.2) is 8.07 Å². The Hall–Kier alpha value is -3.42. The molecule has 0 aromatic heterocycles. The van der Waals surface area contributed by atoms with Crippen molar-refractivity contribution in [1.82, 2.24) is 0 Å². The fourth-order valence-electron chi connectivity index (χ4n) is 5.31. The van der Waals surface area contributed by atoms with Crippen molar-refractivity contribution < 1.29 is 0 Å². The quantitative estimate of drug-likeness (QED) is 0.377. The van der Waals surface area contributed by atoms with E-state index in [-0.39, 0.29) is 0 Å². The first-order valence-electron chi connectivity index (χ1n) is 10.5. The van der Waals surface area contributed by atoms with Gasteiger partial charge in [-0.1, -0.05) is 115 Å². The van der Waals surface area contributed by atoms with Crippen LogP contribution in [0, 0.1) is 6.92 Å². The largest absolute Gasteiger partial charge is 0.180 e. The Bertz CT molecular complexity index is 1350. The van der Waals surface area contributed by atoms with Gasteiger partial charge in [0.2, 0.25) is 0 Å². The molecule has 142 valence electrons. The van der Waals surface area contributed by atoms with Crippen LogP contribution in [0.5, 0.6) is 0 Å². The Kier molecular flexibility index (Phi) is 3.81. The fourth-order valence-corrected chi connectivity index (χ4v) is 10.5. The number of hydrogen-bond donors (Lipinski definition) is 0. The molecule has 0 amide bonds. The van der Waals surface area contributed by atoms with E-state index in [0.29, 0.717) is 0 Å². The molecular formula is C29H22Si. The highest BCUT2D eigenvalue weighted by molar-refractivity contribution is 7.22. The monoisotopic (exact) mass is 398 g/mol. The molecule has 5 aromatic rings. The molecule has 0 nitrogen and oxygen atoms in total. The fraction of sp³-hybridized carbons (Fsp3) is 0.0345. The predicted octanol–water partition coefficient (Wildman–Crippen LogP) is 4.51. The summed E-state index contributed by atoms with van der Waals surface area (Å²) in [6.45, 7) is 2.18. The summed E-state index contributed by atoms with van der Waals surface area (Å²) in [7, 11) is -2.36. The van der Waals surface area contributed by atoms with Crippen LogP contribution in [-0.4, -0.2) is 8.07 Å². The van der Waals surface area contributed by atoms with E-state index in [9.17, 15) is 0 Å². The first-order valence-corrected chi connectivity index (χ1v) is 12.5. The van der Waals surface area contributed by atoms with E-state index in [2.05, 4.69) is 122 Å². The zero-order valence-electron chi connectivity index (χ0n) is 17.0. The van der Waals surface area contributed by atoms with Crippen molar-refractivity contribution in [2.75, 3.05) is 0 Å². The van der Waals surface area contributed by atoms with Crippen LogP contribution in [0.25, 0.3) is 21.9 Å². The number of aryl methyl sites for hydroxylation is 1. The standard InChI is InChI=1S/C29H22Si/c1-21-16-17-22-19-27-26-14-8-9-15-28(26)30(24-10-4-2-5-11-24,25-12-6-3-7-13-25)29(27)20-23(22)18-21/h2-20H,1H3. The molecule has 0 spiro atoms. The highest BCUT2D eigenvalue weighted by Gasteiger charge is 2.48. The van der Waals surface area contributed by atoms with Crippen molar-refractivity contribution >= 4 is 39.6 Å². The lowest BCUT2D eigenvalue weighted by atomic mass is 10.0. The van der Waals surface area contributed by atoms with Gasteiger partial charge in [-0.25, -0.2) is 0 Å². The lowest BCUT2D eigenvalue weighted by Gasteiger charge is -2.31. The summed E-state index contributed by atoms with van der Waals surface area (Å²) in [5.74, 6) is 0. The third kappa shape index (κ3) is 2.33. The summed E-state index contributed by atoms with van der Waals surface area (Å²) >= 11 is 0. The first kappa shape index (κ1) is 17.4. The van der Waals surface area contributed by atoms with Crippen molar-refractivity contribution in [2.45, 2.75) is 6.92 Å². The molecule has 6 rings (SSSR count). The highest BCUT2D eigenvalue weighted by Crippen LogP contribution is 2.31. The summed E-state index contributed by atoms with van der Waals surface area (Å²) in [4.78, 5) is 0. The normalized spacial score (nSPS) is 13.8. The SMILES string of the molecule is Cc1ccc2cc3c(cc2c1)[Si](c1ccccc1)(c1ccccc1)c1ccccc1-3. The van der Waals surface area contributed by atoms with E-state index in [0.717, 1.165) is 0 Å². The van der Waals surface area contributed by atoms with Crippen molar-refractivity contribution in [1.29, 1.82) is 0 Å². The molecule has 0 radical (unpaired) electrons. The minimum absolute atomic E-state index is 1.31. The molecular weight excluding hydrogens is 376 g/mol. The van der Waals surface area contributed by atoms with Gasteiger partial charge in [-0.3, -0.25) is 0 Å². The van der Waals surface area contributed by atoms with E-state index in [1.807, 2.05) is 0 Å². The summed E-state index contributed by atoms with van der Waals surface area (Å²) in [6.07, 6.45) is 0. The van der Waals surface area contributed by atoms with E-state index >= 15 is 0 Å². The highest BCUT2D eigenvalue weighted by atomic mass is 28.3. The first-order chi connectivity index (χ1) is 14.8. The Morgan fingerprint density at radius 3 is 1.80 bits per heavy atom. The molecule has 0 saturated carbocycles. The number of rotatable bonds is 2. The van der Waals surface area contributed by atoms with Gasteiger partial charge in [-0.15, -0.1) is 0 Å². The number of benzene rings is 5. The van der Waals surface area contributed by atoms with Crippen LogP contribution in [0.1, 0.15) is 5.56 Å². The third-order valence-electron chi connectivity index (χ3n) is 6.57. The van der Waals surface area contributed by atoms with Gasteiger partial charge in [0, 0.05) is 0 Å². The van der Waals surface area contributed by atoms with Gasteiger partial charge < -0.3 is 0 Å². The molecule has 1 aliphatic heterocycles. The zero-order chi connectivity index (χ0) is 20.1. The summed E-state index contributed by atoms with van der Waals surface area (Å²) < 4.78 is 0. The Morgan fingerprint density at radius 2 is 1.10 bits per heavy atom. The summed E-state index contributed by atoms with van der Waals surface area (Å²) in [5.41, 5.74) is 4.11. The Labute approximate surface area is 178 Å². The average Bonchev–Trinajstić information content (AvgIpc) is 3.09. The molecule has 0 fully saturated rings. The predicted molar refractivity (Wildman–Crippen MR) is 131 cm³/mol. The molecule has 0 saturated heterocycles. The average molecular weight is 399 g/mol. The van der Waals surface area contributed by atoms with Crippen LogP contribution in [0.15, 0.2) is 115 Å². The van der Waals surface area contributed by atoms with Crippen LogP contribution < -0.4 is 20.7 Å². The maximum atomic E-state index is 2.49. The lowest BCUT2D eigenvalue weighted by molar-refractivity contribution is 1.51. The van der Waals surface area contributed by atoms with Crippen LogP contribution in [0.3, 0.4) is 0 Å². The second kappa shape index (κ2) is 6.55. The maximum Gasteiger partial charge on any atom is 0.180 e. The van der Waals surface area contributed by atoms with Gasteiger partial charge in [0.25, 0.3) is 0 Å². The summed E-state index contributed by atoms with van der Waals surface area (Å²) in [5, 5.41) is 8.58.